The predicted molar refractivity (Wildman–Crippen MR) is 70.5 cm³/mol. The van der Waals surface area contributed by atoms with Crippen LogP contribution in [-0.4, -0.2) is 34.9 Å². The number of hydrogen-bond donors (Lipinski definition) is 2. The van der Waals surface area contributed by atoms with E-state index in [4.69, 9.17) is 9.47 Å². The highest BCUT2D eigenvalue weighted by Crippen LogP contribution is 2.18. The van der Waals surface area contributed by atoms with Gasteiger partial charge in [0.15, 0.2) is 6.04 Å². The number of aliphatic carboxylic acids is 1. The molecule has 0 aromatic carbocycles. The summed E-state index contributed by atoms with van der Waals surface area (Å²) in [4.78, 5) is 26.8. The Morgan fingerprint density at radius 3 is 2.55 bits per heavy atom. The number of carbonyl (C=O) groups excluding carboxylic acids is 1. The van der Waals surface area contributed by atoms with E-state index in [1.54, 1.807) is 20.8 Å². The molecule has 0 saturated carbocycles. The predicted octanol–water partition coefficient (Wildman–Crippen LogP) is 1.74. The summed E-state index contributed by atoms with van der Waals surface area (Å²) in [5, 5.41) is 11.5. The summed E-state index contributed by atoms with van der Waals surface area (Å²) in [6.45, 7) is 5.08. The zero-order chi connectivity index (χ0) is 15.3. The molecule has 1 atom stereocenters. The van der Waals surface area contributed by atoms with Crippen molar-refractivity contribution in [3.8, 4) is 5.88 Å². The fraction of sp³-hybridized carbons (Fsp3) is 0.462. The number of alkyl carbamates (subject to hydrolysis) is 1. The molecule has 0 aliphatic heterocycles. The van der Waals surface area contributed by atoms with Crippen molar-refractivity contribution in [3.63, 3.8) is 0 Å². The molecule has 0 fully saturated rings. The third-order valence-electron chi connectivity index (χ3n) is 2.21. The van der Waals surface area contributed by atoms with Crippen molar-refractivity contribution in [2.24, 2.45) is 0 Å². The first-order valence-corrected chi connectivity index (χ1v) is 5.95. The summed E-state index contributed by atoms with van der Waals surface area (Å²) in [6, 6.07) is 1.69. The molecule has 7 nitrogen and oxygen atoms in total. The normalized spacial score (nSPS) is 12.4. The molecule has 110 valence electrons. The van der Waals surface area contributed by atoms with Gasteiger partial charge >= 0.3 is 12.1 Å². The van der Waals surface area contributed by atoms with Gasteiger partial charge in [0, 0.05) is 12.3 Å². The topological polar surface area (TPSA) is 97.8 Å². The van der Waals surface area contributed by atoms with Crippen molar-refractivity contribution < 1.29 is 24.2 Å². The number of carboxylic acids is 1. The van der Waals surface area contributed by atoms with E-state index in [-0.39, 0.29) is 5.88 Å². The SMILES string of the molecule is COc1cc([C@@H](NC(=O)OC(C)(C)C)C(=O)O)ccn1. The molecule has 0 unspecified atom stereocenters. The second-order valence-corrected chi connectivity index (χ2v) is 5.05. The van der Waals surface area contributed by atoms with Crippen LogP contribution in [0.2, 0.25) is 0 Å². The van der Waals surface area contributed by atoms with E-state index in [0.717, 1.165) is 0 Å². The number of amides is 1. The van der Waals surface area contributed by atoms with Crippen LogP contribution in [0.3, 0.4) is 0 Å². The summed E-state index contributed by atoms with van der Waals surface area (Å²) in [5.74, 6) is -0.941. The van der Waals surface area contributed by atoms with Crippen LogP contribution in [0.5, 0.6) is 5.88 Å². The third kappa shape index (κ3) is 4.75. The Kier molecular flexibility index (Phi) is 4.90. The molecule has 1 aromatic rings. The van der Waals surface area contributed by atoms with Gasteiger partial charge in [0.2, 0.25) is 5.88 Å². The van der Waals surface area contributed by atoms with Gasteiger partial charge in [-0.3, -0.25) is 0 Å². The van der Waals surface area contributed by atoms with Gasteiger partial charge in [-0.05, 0) is 32.4 Å². The molecular weight excluding hydrogens is 264 g/mol. The lowest BCUT2D eigenvalue weighted by Gasteiger charge is -2.22. The lowest BCUT2D eigenvalue weighted by molar-refractivity contribution is -0.139. The summed E-state index contributed by atoms with van der Waals surface area (Å²) in [7, 11) is 1.42. The van der Waals surface area contributed by atoms with E-state index in [2.05, 4.69) is 10.3 Å². The second kappa shape index (κ2) is 6.23. The number of carbonyl (C=O) groups is 2. The number of pyridine rings is 1. The summed E-state index contributed by atoms with van der Waals surface area (Å²) in [6.07, 6.45) is 0.599. The average Bonchev–Trinajstić information content (AvgIpc) is 2.33. The van der Waals surface area contributed by atoms with Gasteiger partial charge in [0.05, 0.1) is 7.11 Å². The Bertz CT molecular complexity index is 496. The molecule has 7 heteroatoms. The molecule has 2 N–H and O–H groups in total. The molecule has 0 saturated heterocycles. The fourth-order valence-corrected chi connectivity index (χ4v) is 1.43. The zero-order valence-corrected chi connectivity index (χ0v) is 11.8. The highest BCUT2D eigenvalue weighted by Gasteiger charge is 2.25. The Morgan fingerprint density at radius 1 is 1.40 bits per heavy atom. The van der Waals surface area contributed by atoms with Crippen molar-refractivity contribution in [1.29, 1.82) is 0 Å². The standard InChI is InChI=1S/C13H18N2O5/c1-13(2,3)20-12(18)15-10(11(16)17)8-5-6-14-9(7-8)19-4/h5-7,10H,1-4H3,(H,15,18)(H,16,17)/t10-/m1/s1. The molecule has 1 heterocycles. The maximum absolute atomic E-state index is 11.7. The molecule has 0 aliphatic carbocycles. The summed E-state index contributed by atoms with van der Waals surface area (Å²) >= 11 is 0. The van der Waals surface area contributed by atoms with Gasteiger partial charge < -0.3 is 19.9 Å². The van der Waals surface area contributed by atoms with Crippen molar-refractivity contribution >= 4 is 12.1 Å². The Balaban J connectivity index is 2.89. The van der Waals surface area contributed by atoms with E-state index in [1.807, 2.05) is 0 Å². The molecule has 0 bridgehead atoms. The van der Waals surface area contributed by atoms with Crippen molar-refractivity contribution in [2.45, 2.75) is 32.4 Å². The van der Waals surface area contributed by atoms with E-state index in [0.29, 0.717) is 5.56 Å². The fourth-order valence-electron chi connectivity index (χ4n) is 1.43. The van der Waals surface area contributed by atoms with Gasteiger partial charge in [-0.2, -0.15) is 0 Å². The Labute approximate surface area is 116 Å². The van der Waals surface area contributed by atoms with Crippen LogP contribution in [0.15, 0.2) is 18.3 Å². The van der Waals surface area contributed by atoms with Gasteiger partial charge in [0.25, 0.3) is 0 Å². The first-order valence-electron chi connectivity index (χ1n) is 5.95. The van der Waals surface area contributed by atoms with Gasteiger partial charge in [-0.15, -0.1) is 0 Å². The van der Waals surface area contributed by atoms with Gasteiger partial charge in [-0.1, -0.05) is 0 Å². The molecule has 0 radical (unpaired) electrons. The Hall–Kier alpha value is -2.31. The monoisotopic (exact) mass is 282 g/mol. The van der Waals surface area contributed by atoms with Crippen LogP contribution in [0.1, 0.15) is 32.4 Å². The molecule has 0 aliphatic rings. The highest BCUT2D eigenvalue weighted by atomic mass is 16.6. The molecular formula is C13H18N2O5. The number of rotatable bonds is 4. The number of nitrogens with one attached hydrogen (secondary N) is 1. The maximum Gasteiger partial charge on any atom is 0.408 e. The van der Waals surface area contributed by atoms with Crippen LogP contribution in [-0.2, 0) is 9.53 Å². The van der Waals surface area contributed by atoms with Crippen molar-refractivity contribution in [1.82, 2.24) is 10.3 Å². The largest absolute Gasteiger partial charge is 0.481 e. The van der Waals surface area contributed by atoms with Crippen LogP contribution in [0, 0.1) is 0 Å². The lowest BCUT2D eigenvalue weighted by atomic mass is 10.1. The van der Waals surface area contributed by atoms with Gasteiger partial charge in [0.1, 0.15) is 5.60 Å². The first kappa shape index (κ1) is 15.7. The van der Waals surface area contributed by atoms with E-state index < -0.39 is 23.7 Å². The van der Waals surface area contributed by atoms with E-state index >= 15 is 0 Å². The quantitative estimate of drug-likeness (QED) is 0.873. The molecule has 20 heavy (non-hydrogen) atoms. The smallest absolute Gasteiger partial charge is 0.408 e. The van der Waals surface area contributed by atoms with Crippen molar-refractivity contribution in [2.75, 3.05) is 7.11 Å². The minimum absolute atomic E-state index is 0.264. The third-order valence-corrected chi connectivity index (χ3v) is 2.21. The number of methoxy groups -OCH3 is 1. The number of ether oxygens (including phenoxy) is 2. The van der Waals surface area contributed by atoms with Crippen LogP contribution < -0.4 is 10.1 Å². The highest BCUT2D eigenvalue weighted by molar-refractivity contribution is 5.81. The number of aromatic nitrogens is 1. The number of nitrogens with zero attached hydrogens (tertiary/aromatic N) is 1. The second-order valence-electron chi connectivity index (χ2n) is 5.05. The lowest BCUT2D eigenvalue weighted by Crippen LogP contribution is -2.38. The molecule has 1 amide bonds. The molecule has 0 spiro atoms. The van der Waals surface area contributed by atoms with Crippen LogP contribution >= 0.6 is 0 Å². The van der Waals surface area contributed by atoms with Gasteiger partial charge in [-0.25, -0.2) is 14.6 Å². The van der Waals surface area contributed by atoms with Crippen LogP contribution in [0.4, 0.5) is 4.79 Å². The maximum atomic E-state index is 11.7. The average molecular weight is 282 g/mol. The van der Waals surface area contributed by atoms with E-state index in [1.165, 1.54) is 25.4 Å². The molecule has 1 rings (SSSR count). The molecule has 1 aromatic heterocycles. The van der Waals surface area contributed by atoms with Crippen LogP contribution in [0.25, 0.3) is 0 Å². The Morgan fingerprint density at radius 2 is 2.05 bits per heavy atom. The number of hydrogen-bond acceptors (Lipinski definition) is 5. The van der Waals surface area contributed by atoms with Crippen molar-refractivity contribution in [3.05, 3.63) is 23.9 Å². The first-order chi connectivity index (χ1) is 9.23. The minimum Gasteiger partial charge on any atom is -0.481 e. The summed E-state index contributed by atoms with van der Waals surface area (Å²) in [5.41, 5.74) is -0.363. The van der Waals surface area contributed by atoms with E-state index in [9.17, 15) is 14.7 Å². The summed E-state index contributed by atoms with van der Waals surface area (Å²) < 4.78 is 9.96. The zero-order valence-electron chi connectivity index (χ0n) is 11.8. The minimum atomic E-state index is -1.23. The number of carboxylic acid groups (broad SMARTS) is 1.